The predicted molar refractivity (Wildman–Crippen MR) is 68.6 cm³/mol. The van der Waals surface area contributed by atoms with Crippen LogP contribution in [0, 0.1) is 0 Å². The third-order valence-corrected chi connectivity index (χ3v) is 3.26. The van der Waals surface area contributed by atoms with Gasteiger partial charge in [0.15, 0.2) is 0 Å². The molecule has 17 heavy (non-hydrogen) atoms. The van der Waals surface area contributed by atoms with Crippen LogP contribution in [0.3, 0.4) is 0 Å². The van der Waals surface area contributed by atoms with Crippen LogP contribution >= 0.6 is 11.5 Å². The van der Waals surface area contributed by atoms with Gasteiger partial charge >= 0.3 is 5.97 Å². The van der Waals surface area contributed by atoms with Crippen molar-refractivity contribution in [2.75, 3.05) is 0 Å². The quantitative estimate of drug-likeness (QED) is 0.901. The van der Waals surface area contributed by atoms with Crippen molar-refractivity contribution in [3.63, 3.8) is 0 Å². The second kappa shape index (κ2) is 4.67. The summed E-state index contributed by atoms with van der Waals surface area (Å²) in [7, 11) is 0. The lowest BCUT2D eigenvalue weighted by Crippen LogP contribution is -1.97. The lowest BCUT2D eigenvalue weighted by molar-refractivity contribution is 0.0698. The molecular formula is C13H13NO2S. The number of carbonyl (C=O) groups is 1. The molecule has 0 saturated heterocycles. The molecule has 2 aromatic rings. The van der Waals surface area contributed by atoms with Gasteiger partial charge < -0.3 is 5.11 Å². The number of benzene rings is 1. The van der Waals surface area contributed by atoms with Gasteiger partial charge in [0.2, 0.25) is 0 Å². The fourth-order valence-corrected chi connectivity index (χ4v) is 2.32. The van der Waals surface area contributed by atoms with E-state index in [1.54, 1.807) is 5.38 Å². The lowest BCUT2D eigenvalue weighted by atomic mass is 9.99. The maximum absolute atomic E-state index is 11.0. The zero-order valence-electron chi connectivity index (χ0n) is 9.68. The molecule has 0 saturated carbocycles. The van der Waals surface area contributed by atoms with Crippen LogP contribution < -0.4 is 0 Å². The molecule has 0 radical (unpaired) electrons. The maximum atomic E-state index is 11.0. The van der Waals surface area contributed by atoms with Gasteiger partial charge in [0, 0.05) is 10.9 Å². The Hall–Kier alpha value is -1.68. The van der Waals surface area contributed by atoms with Crippen molar-refractivity contribution in [2.24, 2.45) is 0 Å². The smallest absolute Gasteiger partial charge is 0.338 e. The molecule has 2 rings (SSSR count). The van der Waals surface area contributed by atoms with E-state index in [0.717, 1.165) is 5.56 Å². The number of aromatic nitrogens is 1. The number of nitrogens with zero attached hydrogens (tertiary/aromatic N) is 1. The first kappa shape index (κ1) is 11.8. The maximum Gasteiger partial charge on any atom is 0.338 e. The third-order valence-electron chi connectivity index (χ3n) is 2.63. The van der Waals surface area contributed by atoms with E-state index < -0.39 is 5.97 Å². The van der Waals surface area contributed by atoms with Crippen molar-refractivity contribution in [1.29, 1.82) is 0 Å². The number of carboxylic acids is 1. The van der Waals surface area contributed by atoms with Crippen molar-refractivity contribution < 1.29 is 9.90 Å². The fraction of sp³-hybridized carbons (Fsp3) is 0.231. The lowest BCUT2D eigenvalue weighted by Gasteiger charge is -2.07. The Balaban J connectivity index is 2.49. The molecular weight excluding hydrogens is 234 g/mol. The van der Waals surface area contributed by atoms with Crippen LogP contribution in [0.2, 0.25) is 0 Å². The molecule has 0 spiro atoms. The average Bonchev–Trinajstić information content (AvgIpc) is 2.78. The molecule has 0 aliphatic carbocycles. The van der Waals surface area contributed by atoms with Crippen LogP contribution in [-0.2, 0) is 0 Å². The molecule has 0 atom stereocenters. The molecule has 1 heterocycles. The Labute approximate surface area is 104 Å². The summed E-state index contributed by atoms with van der Waals surface area (Å²) in [5.41, 5.74) is 2.89. The third kappa shape index (κ3) is 2.36. The molecule has 0 unspecified atom stereocenters. The topological polar surface area (TPSA) is 50.2 Å². The van der Waals surface area contributed by atoms with Gasteiger partial charge in [-0.1, -0.05) is 32.0 Å². The highest BCUT2D eigenvalue weighted by Gasteiger charge is 2.15. The van der Waals surface area contributed by atoms with Crippen molar-refractivity contribution >= 4 is 17.5 Å². The van der Waals surface area contributed by atoms with Gasteiger partial charge in [0.05, 0.1) is 11.3 Å². The van der Waals surface area contributed by atoms with E-state index in [2.05, 4.69) is 18.2 Å². The van der Waals surface area contributed by atoms with Crippen LogP contribution in [0.4, 0.5) is 0 Å². The summed E-state index contributed by atoms with van der Waals surface area (Å²) in [6.07, 6.45) is 0. The van der Waals surface area contributed by atoms with Crippen molar-refractivity contribution in [3.8, 4) is 11.3 Å². The largest absolute Gasteiger partial charge is 0.478 e. The van der Waals surface area contributed by atoms with E-state index in [1.807, 2.05) is 24.3 Å². The van der Waals surface area contributed by atoms with E-state index in [1.165, 1.54) is 17.1 Å². The molecule has 0 amide bonds. The SMILES string of the molecule is CC(C)c1cccc(-c2nscc2C(=O)O)c1. The van der Waals surface area contributed by atoms with Gasteiger partial charge in [0.25, 0.3) is 0 Å². The normalized spacial score (nSPS) is 10.8. The monoisotopic (exact) mass is 247 g/mol. The molecule has 0 aliphatic heterocycles. The minimum Gasteiger partial charge on any atom is -0.478 e. The Morgan fingerprint density at radius 2 is 2.18 bits per heavy atom. The molecule has 1 aromatic carbocycles. The molecule has 3 nitrogen and oxygen atoms in total. The number of hydrogen-bond donors (Lipinski definition) is 1. The van der Waals surface area contributed by atoms with Gasteiger partial charge in [-0.15, -0.1) is 0 Å². The summed E-state index contributed by atoms with van der Waals surface area (Å²) in [6, 6.07) is 7.89. The number of hydrogen-bond acceptors (Lipinski definition) is 3. The van der Waals surface area contributed by atoms with Gasteiger partial charge in [-0.2, -0.15) is 4.37 Å². The molecule has 1 N–H and O–H groups in total. The summed E-state index contributed by atoms with van der Waals surface area (Å²) < 4.78 is 4.17. The van der Waals surface area contributed by atoms with Crippen LogP contribution in [0.5, 0.6) is 0 Å². The van der Waals surface area contributed by atoms with E-state index in [0.29, 0.717) is 11.6 Å². The highest BCUT2D eigenvalue weighted by Crippen LogP contribution is 2.27. The zero-order chi connectivity index (χ0) is 12.4. The highest BCUT2D eigenvalue weighted by atomic mass is 32.1. The van der Waals surface area contributed by atoms with E-state index in [4.69, 9.17) is 5.11 Å². The van der Waals surface area contributed by atoms with Crippen LogP contribution in [0.15, 0.2) is 29.6 Å². The van der Waals surface area contributed by atoms with Gasteiger partial charge in [-0.25, -0.2) is 4.79 Å². The fourth-order valence-electron chi connectivity index (χ4n) is 1.64. The molecule has 1 aromatic heterocycles. The molecule has 88 valence electrons. The summed E-state index contributed by atoms with van der Waals surface area (Å²) in [4.78, 5) is 11.0. The van der Waals surface area contributed by atoms with Crippen LogP contribution in [0.25, 0.3) is 11.3 Å². The molecule has 0 bridgehead atoms. The molecule has 4 heteroatoms. The highest BCUT2D eigenvalue weighted by molar-refractivity contribution is 7.04. The standard InChI is InChI=1S/C13H13NO2S/c1-8(2)9-4-3-5-10(6-9)12-11(13(15)16)7-17-14-12/h3-8H,1-2H3,(H,15,16). The Bertz CT molecular complexity index is 546. The second-order valence-electron chi connectivity index (χ2n) is 4.16. The van der Waals surface area contributed by atoms with Gasteiger partial charge in [-0.3, -0.25) is 0 Å². The molecule has 0 aliphatic rings. The van der Waals surface area contributed by atoms with E-state index >= 15 is 0 Å². The van der Waals surface area contributed by atoms with Crippen LogP contribution in [0.1, 0.15) is 35.7 Å². The minimum absolute atomic E-state index is 0.274. The first-order valence-corrected chi connectivity index (χ1v) is 6.21. The van der Waals surface area contributed by atoms with Gasteiger partial charge in [0.1, 0.15) is 0 Å². The summed E-state index contributed by atoms with van der Waals surface area (Å²) in [5.74, 6) is -0.509. The first-order valence-electron chi connectivity index (χ1n) is 5.37. The zero-order valence-corrected chi connectivity index (χ0v) is 10.5. The summed E-state index contributed by atoms with van der Waals surface area (Å²) in [6.45, 7) is 4.22. The van der Waals surface area contributed by atoms with E-state index in [-0.39, 0.29) is 5.56 Å². The van der Waals surface area contributed by atoms with Crippen LogP contribution in [-0.4, -0.2) is 15.4 Å². The van der Waals surface area contributed by atoms with E-state index in [9.17, 15) is 4.79 Å². The van der Waals surface area contributed by atoms with Crippen molar-refractivity contribution in [3.05, 3.63) is 40.8 Å². The predicted octanol–water partition coefficient (Wildman–Crippen LogP) is 3.63. The first-order chi connectivity index (χ1) is 8.09. The number of rotatable bonds is 3. The minimum atomic E-state index is -0.927. The second-order valence-corrected chi connectivity index (χ2v) is 4.79. The number of aromatic carboxylic acids is 1. The van der Waals surface area contributed by atoms with Crippen molar-refractivity contribution in [2.45, 2.75) is 19.8 Å². The number of carboxylic acid groups (broad SMARTS) is 1. The summed E-state index contributed by atoms with van der Waals surface area (Å²) in [5, 5.41) is 10.6. The Kier molecular flexibility index (Phi) is 3.24. The Morgan fingerprint density at radius 1 is 1.41 bits per heavy atom. The van der Waals surface area contributed by atoms with Gasteiger partial charge in [-0.05, 0) is 29.1 Å². The average molecular weight is 247 g/mol. The van der Waals surface area contributed by atoms with Crippen molar-refractivity contribution in [1.82, 2.24) is 4.37 Å². The molecule has 0 fully saturated rings. The Morgan fingerprint density at radius 3 is 2.82 bits per heavy atom. The summed E-state index contributed by atoms with van der Waals surface area (Å²) >= 11 is 1.17.